The topological polar surface area (TPSA) is 56.6 Å². The van der Waals surface area contributed by atoms with E-state index in [9.17, 15) is 10.2 Å². The highest BCUT2D eigenvalue weighted by Crippen LogP contribution is 2.21. The summed E-state index contributed by atoms with van der Waals surface area (Å²) in [6.45, 7) is 2.24. The molecule has 0 bridgehead atoms. The minimum absolute atomic E-state index is 0.00737. The van der Waals surface area contributed by atoms with Gasteiger partial charge >= 0.3 is 0 Å². The first-order valence-electron chi connectivity index (χ1n) is 7.22. The Morgan fingerprint density at radius 2 is 2.14 bits per heavy atom. The van der Waals surface area contributed by atoms with E-state index in [-0.39, 0.29) is 12.5 Å². The average molecular weight is 307 g/mol. The smallest absolute Gasteiger partial charge is 0.0717 e. The molecule has 0 unspecified atom stereocenters. The summed E-state index contributed by atoms with van der Waals surface area (Å²) in [6.07, 6.45) is 0.365. The van der Waals surface area contributed by atoms with E-state index in [2.05, 4.69) is 9.88 Å². The van der Waals surface area contributed by atoms with Gasteiger partial charge in [0.2, 0.25) is 0 Å². The van der Waals surface area contributed by atoms with Crippen LogP contribution >= 0.6 is 11.6 Å². The van der Waals surface area contributed by atoms with E-state index in [1.807, 2.05) is 30.3 Å². The van der Waals surface area contributed by atoms with Crippen molar-refractivity contribution < 1.29 is 10.2 Å². The maximum absolute atomic E-state index is 9.98. The zero-order valence-electron chi connectivity index (χ0n) is 11.7. The first kappa shape index (κ1) is 14.7. The molecule has 1 aliphatic heterocycles. The first-order chi connectivity index (χ1) is 10.2. The average Bonchev–Trinajstić information content (AvgIpc) is 2.48. The Kier molecular flexibility index (Phi) is 4.40. The molecular weight excluding hydrogens is 288 g/mol. The maximum Gasteiger partial charge on any atom is 0.0717 e. The molecule has 2 heterocycles. The number of piperidine rings is 1. The normalized spacial score (nSPS) is 23.6. The lowest BCUT2D eigenvalue weighted by atomic mass is 9.95. The summed E-state index contributed by atoms with van der Waals surface area (Å²) in [7, 11) is 0. The number of nitrogens with zero attached hydrogens (tertiary/aromatic N) is 2. The molecule has 1 saturated heterocycles. The van der Waals surface area contributed by atoms with Crippen LogP contribution in [0.1, 0.15) is 12.1 Å². The van der Waals surface area contributed by atoms with Gasteiger partial charge in [0.25, 0.3) is 0 Å². The molecule has 1 aromatic heterocycles. The highest BCUT2D eigenvalue weighted by atomic mass is 35.5. The number of aliphatic hydroxyl groups excluding tert-OH is 2. The van der Waals surface area contributed by atoms with Crippen molar-refractivity contribution in [2.24, 2.45) is 5.92 Å². The second kappa shape index (κ2) is 6.28. The van der Waals surface area contributed by atoms with Crippen LogP contribution in [-0.4, -0.2) is 45.9 Å². The summed E-state index contributed by atoms with van der Waals surface area (Å²) in [6, 6.07) is 9.71. The van der Waals surface area contributed by atoms with Crippen molar-refractivity contribution in [2.45, 2.75) is 19.1 Å². The molecule has 21 heavy (non-hydrogen) atoms. The fraction of sp³-hybridized carbons (Fsp3) is 0.438. The minimum atomic E-state index is -0.456. The van der Waals surface area contributed by atoms with Crippen LogP contribution in [-0.2, 0) is 6.54 Å². The highest BCUT2D eigenvalue weighted by molar-refractivity contribution is 6.31. The molecule has 4 nitrogen and oxygen atoms in total. The monoisotopic (exact) mass is 306 g/mol. The summed E-state index contributed by atoms with van der Waals surface area (Å²) < 4.78 is 0. The Morgan fingerprint density at radius 1 is 1.29 bits per heavy atom. The van der Waals surface area contributed by atoms with Gasteiger partial charge in [0.05, 0.1) is 17.3 Å². The standard InChI is InChI=1S/C16H19ClN2O2/c17-13-2-4-15-11(7-13)1-3-14(18-15)8-19-6-5-12(10-20)16(21)9-19/h1-4,7,12,16,20-21H,5-6,8-10H2/t12-,16-/m1/s1. The zero-order valence-corrected chi connectivity index (χ0v) is 12.5. The molecular formula is C16H19ClN2O2. The van der Waals surface area contributed by atoms with Crippen LogP contribution in [0.4, 0.5) is 0 Å². The third-order valence-corrected chi connectivity index (χ3v) is 4.37. The number of β-amino-alcohol motifs (C(OH)–C–C–N with tert-alkyl or cyclic N) is 1. The summed E-state index contributed by atoms with van der Waals surface area (Å²) in [4.78, 5) is 6.82. The lowest BCUT2D eigenvalue weighted by Crippen LogP contribution is -2.44. The van der Waals surface area contributed by atoms with Crippen molar-refractivity contribution in [3.8, 4) is 0 Å². The van der Waals surface area contributed by atoms with Gasteiger partial charge in [-0.1, -0.05) is 17.7 Å². The number of benzene rings is 1. The molecule has 3 rings (SSSR count). The van der Waals surface area contributed by atoms with E-state index in [1.165, 1.54) is 0 Å². The Bertz CT molecular complexity index is 635. The Morgan fingerprint density at radius 3 is 2.90 bits per heavy atom. The van der Waals surface area contributed by atoms with Crippen LogP contribution < -0.4 is 0 Å². The van der Waals surface area contributed by atoms with Gasteiger partial charge in [0.1, 0.15) is 0 Å². The highest BCUT2D eigenvalue weighted by Gasteiger charge is 2.27. The Hall–Kier alpha value is -1.20. The predicted molar refractivity (Wildman–Crippen MR) is 83.2 cm³/mol. The van der Waals surface area contributed by atoms with Gasteiger partial charge in [-0.2, -0.15) is 0 Å². The van der Waals surface area contributed by atoms with E-state index < -0.39 is 6.10 Å². The van der Waals surface area contributed by atoms with Gasteiger partial charge in [-0.25, -0.2) is 0 Å². The van der Waals surface area contributed by atoms with E-state index in [4.69, 9.17) is 11.6 Å². The van der Waals surface area contributed by atoms with Gasteiger partial charge in [-0.3, -0.25) is 9.88 Å². The summed E-state index contributed by atoms with van der Waals surface area (Å²) in [5, 5.41) is 20.9. The lowest BCUT2D eigenvalue weighted by Gasteiger charge is -2.34. The Balaban J connectivity index is 1.72. The van der Waals surface area contributed by atoms with Crippen LogP contribution in [0.5, 0.6) is 0 Å². The number of hydrogen-bond donors (Lipinski definition) is 2. The molecule has 0 aliphatic carbocycles. The number of fused-ring (bicyclic) bond motifs is 1. The molecule has 1 aliphatic rings. The molecule has 0 spiro atoms. The molecule has 5 heteroatoms. The van der Waals surface area contributed by atoms with Crippen molar-refractivity contribution in [2.75, 3.05) is 19.7 Å². The molecule has 0 radical (unpaired) electrons. The van der Waals surface area contributed by atoms with E-state index in [1.54, 1.807) is 0 Å². The number of likely N-dealkylation sites (tertiary alicyclic amines) is 1. The van der Waals surface area contributed by atoms with Crippen molar-refractivity contribution in [1.82, 2.24) is 9.88 Å². The quantitative estimate of drug-likeness (QED) is 0.911. The van der Waals surface area contributed by atoms with Crippen LogP contribution in [0.15, 0.2) is 30.3 Å². The van der Waals surface area contributed by atoms with Gasteiger partial charge in [-0.05, 0) is 37.2 Å². The summed E-state index contributed by atoms with van der Waals surface area (Å²) in [5.41, 5.74) is 1.92. The number of pyridine rings is 1. The number of hydrogen-bond acceptors (Lipinski definition) is 4. The maximum atomic E-state index is 9.98. The third-order valence-electron chi connectivity index (χ3n) is 4.13. The molecule has 2 atom stereocenters. The number of aromatic nitrogens is 1. The first-order valence-corrected chi connectivity index (χ1v) is 7.60. The molecule has 0 amide bonds. The molecule has 2 aromatic rings. The SMILES string of the molecule is OC[C@H]1CCN(Cc2ccc3cc(Cl)ccc3n2)C[C@H]1O. The van der Waals surface area contributed by atoms with Crippen molar-refractivity contribution >= 4 is 22.5 Å². The zero-order chi connectivity index (χ0) is 14.8. The van der Waals surface area contributed by atoms with Crippen LogP contribution in [0.3, 0.4) is 0 Å². The Labute approximate surface area is 129 Å². The fourth-order valence-corrected chi connectivity index (χ4v) is 3.04. The molecule has 1 aromatic carbocycles. The second-order valence-electron chi connectivity index (χ2n) is 5.67. The third kappa shape index (κ3) is 3.35. The molecule has 2 N–H and O–H groups in total. The predicted octanol–water partition coefficient (Wildman–Crippen LogP) is 2.06. The largest absolute Gasteiger partial charge is 0.396 e. The number of aliphatic hydroxyl groups is 2. The van der Waals surface area contributed by atoms with Gasteiger partial charge in [-0.15, -0.1) is 0 Å². The minimum Gasteiger partial charge on any atom is -0.396 e. The van der Waals surface area contributed by atoms with E-state index in [0.29, 0.717) is 18.1 Å². The lowest BCUT2D eigenvalue weighted by molar-refractivity contribution is -0.00476. The number of halogens is 1. The van der Waals surface area contributed by atoms with Crippen molar-refractivity contribution in [1.29, 1.82) is 0 Å². The van der Waals surface area contributed by atoms with Crippen LogP contribution in [0.25, 0.3) is 10.9 Å². The van der Waals surface area contributed by atoms with E-state index in [0.717, 1.165) is 29.6 Å². The second-order valence-corrected chi connectivity index (χ2v) is 6.11. The van der Waals surface area contributed by atoms with Gasteiger partial charge < -0.3 is 10.2 Å². The van der Waals surface area contributed by atoms with Gasteiger partial charge in [0, 0.05) is 36.0 Å². The number of rotatable bonds is 3. The van der Waals surface area contributed by atoms with Crippen LogP contribution in [0.2, 0.25) is 5.02 Å². The van der Waals surface area contributed by atoms with Crippen LogP contribution in [0, 0.1) is 5.92 Å². The van der Waals surface area contributed by atoms with E-state index >= 15 is 0 Å². The summed E-state index contributed by atoms with van der Waals surface area (Å²) >= 11 is 5.97. The molecule has 0 saturated carbocycles. The van der Waals surface area contributed by atoms with Crippen molar-refractivity contribution in [3.05, 3.63) is 41.0 Å². The molecule has 112 valence electrons. The van der Waals surface area contributed by atoms with Crippen molar-refractivity contribution in [3.63, 3.8) is 0 Å². The molecule has 1 fully saturated rings. The van der Waals surface area contributed by atoms with Gasteiger partial charge in [0.15, 0.2) is 0 Å². The fourth-order valence-electron chi connectivity index (χ4n) is 2.86. The summed E-state index contributed by atoms with van der Waals surface area (Å²) in [5.74, 6) is 0.00737.